The van der Waals surface area contributed by atoms with Crippen molar-refractivity contribution in [2.75, 3.05) is 39.6 Å². The third-order valence-electron chi connectivity index (χ3n) is 17.3. The zero-order chi connectivity index (χ0) is 69.6. The third-order valence-corrected chi connectivity index (χ3v) is 19.2. The number of phosphoric ester groups is 2. The second-order valence-corrected chi connectivity index (χ2v) is 31.9. The average Bonchev–Trinajstić information content (AvgIpc) is 1.35. The van der Waals surface area contributed by atoms with Crippen LogP contribution in [0.1, 0.15) is 376 Å². The van der Waals surface area contributed by atoms with Crippen molar-refractivity contribution in [2.24, 2.45) is 23.7 Å². The number of hydrogen-bond acceptors (Lipinski definition) is 15. The molecule has 0 amide bonds. The van der Waals surface area contributed by atoms with Gasteiger partial charge in [0.2, 0.25) is 0 Å². The number of rotatable bonds is 72. The SMILES string of the molecule is CC(C)CCCCCCCCCCCCCCCCCC(=O)OC[C@H](COP(=O)(O)OC[C@@H](O)COP(=O)(O)OC[C@@H](COC(=O)CCCCCCCCC(C)C)OC(=O)CCCCCCCCC(C)C)OC(=O)CCCCCCCCCCCCCCCCCC(C)C. The average molecular weight is 1380 g/mol. The van der Waals surface area contributed by atoms with E-state index in [0.717, 1.165) is 108 Å². The monoisotopic (exact) mass is 1380 g/mol. The number of unbranched alkanes of at least 4 members (excludes halogenated alkanes) is 38. The van der Waals surface area contributed by atoms with Crippen LogP contribution in [0.3, 0.4) is 0 Å². The summed E-state index contributed by atoms with van der Waals surface area (Å²) in [5.41, 5.74) is 0. The quantitative estimate of drug-likeness (QED) is 0.0222. The summed E-state index contributed by atoms with van der Waals surface area (Å²) in [6, 6.07) is 0. The van der Waals surface area contributed by atoms with E-state index >= 15 is 0 Å². The largest absolute Gasteiger partial charge is 0.472 e. The number of hydrogen-bond donors (Lipinski definition) is 3. The molecule has 5 atom stereocenters. The molecule has 0 aliphatic heterocycles. The van der Waals surface area contributed by atoms with Gasteiger partial charge in [0, 0.05) is 25.7 Å². The van der Waals surface area contributed by atoms with E-state index in [1.165, 1.54) is 173 Å². The van der Waals surface area contributed by atoms with Crippen LogP contribution in [0.25, 0.3) is 0 Å². The minimum Gasteiger partial charge on any atom is -0.462 e. The van der Waals surface area contributed by atoms with Crippen molar-refractivity contribution in [1.82, 2.24) is 0 Å². The molecule has 558 valence electrons. The molecule has 0 aliphatic rings. The molecule has 0 fully saturated rings. The fourth-order valence-corrected chi connectivity index (χ4v) is 13.0. The molecule has 0 spiro atoms. The summed E-state index contributed by atoms with van der Waals surface area (Å²) in [6.07, 6.45) is 49.0. The van der Waals surface area contributed by atoms with Gasteiger partial charge in [0.1, 0.15) is 19.3 Å². The van der Waals surface area contributed by atoms with Crippen molar-refractivity contribution < 1.29 is 80.2 Å². The Kier molecular flexibility index (Phi) is 63.1. The standard InChI is InChI=1S/C75H146O17P2/c1-65(2)51-43-35-27-23-19-15-11-9-13-17-21-25-29-39-47-55-72(77)85-61-70(91-74(79)57-49-41-30-26-22-18-14-10-12-16-20-24-28-36-44-52-66(3)4)63-89-93(81,82)87-59-69(76)60-88-94(83,84)90-64-71(92-75(80)58-50-42-34-32-38-46-54-68(7)8)62-86-73(78)56-48-40-33-31-37-45-53-67(5)6/h65-71,76H,9-64H2,1-8H3,(H,81,82)(H,83,84)/t69-,70-,71-/m1/s1. The van der Waals surface area contributed by atoms with Crippen molar-refractivity contribution in [2.45, 2.75) is 395 Å². The van der Waals surface area contributed by atoms with Crippen LogP contribution in [0.5, 0.6) is 0 Å². The molecule has 0 heterocycles. The van der Waals surface area contributed by atoms with Crippen molar-refractivity contribution in [3.8, 4) is 0 Å². The molecule has 0 aliphatic carbocycles. The summed E-state index contributed by atoms with van der Waals surface area (Å²) in [5.74, 6) is 0.829. The highest BCUT2D eigenvalue weighted by Crippen LogP contribution is 2.45. The Morgan fingerprint density at radius 2 is 0.447 bits per heavy atom. The summed E-state index contributed by atoms with van der Waals surface area (Å²) in [7, 11) is -9.91. The Balaban J connectivity index is 5.20. The van der Waals surface area contributed by atoms with Crippen LogP contribution in [-0.2, 0) is 65.4 Å². The van der Waals surface area contributed by atoms with Crippen molar-refractivity contribution >= 4 is 39.5 Å². The van der Waals surface area contributed by atoms with Crippen LogP contribution in [0.2, 0.25) is 0 Å². The maximum absolute atomic E-state index is 13.1. The second kappa shape index (κ2) is 64.4. The van der Waals surface area contributed by atoms with E-state index in [-0.39, 0.29) is 25.7 Å². The molecule has 3 N–H and O–H groups in total. The minimum atomic E-state index is -4.96. The van der Waals surface area contributed by atoms with E-state index < -0.39 is 97.5 Å². The van der Waals surface area contributed by atoms with Crippen LogP contribution in [-0.4, -0.2) is 96.7 Å². The van der Waals surface area contributed by atoms with Gasteiger partial charge in [0.25, 0.3) is 0 Å². The molecule has 0 aromatic heterocycles. The van der Waals surface area contributed by atoms with Crippen LogP contribution in [0, 0.1) is 23.7 Å². The van der Waals surface area contributed by atoms with E-state index in [0.29, 0.717) is 37.5 Å². The van der Waals surface area contributed by atoms with Crippen molar-refractivity contribution in [3.05, 3.63) is 0 Å². The number of carbonyl (C=O) groups excluding carboxylic acids is 4. The molecule has 0 radical (unpaired) electrons. The Labute approximate surface area is 575 Å². The Hall–Kier alpha value is -1.94. The minimum absolute atomic E-state index is 0.101. The van der Waals surface area contributed by atoms with Gasteiger partial charge in [-0.2, -0.15) is 0 Å². The van der Waals surface area contributed by atoms with Crippen molar-refractivity contribution in [3.63, 3.8) is 0 Å². The zero-order valence-corrected chi connectivity index (χ0v) is 63.4. The van der Waals surface area contributed by atoms with Crippen LogP contribution in [0.15, 0.2) is 0 Å². The first-order valence-electron chi connectivity index (χ1n) is 38.7. The van der Waals surface area contributed by atoms with Crippen molar-refractivity contribution in [1.29, 1.82) is 0 Å². The molecule has 0 saturated carbocycles. The number of esters is 4. The van der Waals surface area contributed by atoms with Gasteiger partial charge in [0.15, 0.2) is 12.2 Å². The van der Waals surface area contributed by atoms with Crippen LogP contribution < -0.4 is 0 Å². The van der Waals surface area contributed by atoms with E-state index in [4.69, 9.17) is 37.0 Å². The molecular formula is C75H146O17P2. The van der Waals surface area contributed by atoms with E-state index in [1.54, 1.807) is 0 Å². The molecule has 0 aromatic carbocycles. The molecule has 17 nitrogen and oxygen atoms in total. The Morgan fingerprint density at radius 1 is 0.266 bits per heavy atom. The number of aliphatic hydroxyl groups excluding tert-OH is 1. The molecule has 0 rings (SSSR count). The van der Waals surface area contributed by atoms with E-state index in [1.807, 2.05) is 0 Å². The predicted molar refractivity (Wildman–Crippen MR) is 381 cm³/mol. The van der Waals surface area contributed by atoms with Gasteiger partial charge in [-0.05, 0) is 49.4 Å². The third kappa shape index (κ3) is 68.6. The van der Waals surface area contributed by atoms with Gasteiger partial charge in [-0.1, -0.05) is 325 Å². The van der Waals surface area contributed by atoms with Gasteiger partial charge >= 0.3 is 39.5 Å². The second-order valence-electron chi connectivity index (χ2n) is 28.9. The maximum Gasteiger partial charge on any atom is 0.472 e. The molecular weight excluding hydrogens is 1230 g/mol. The molecule has 0 aromatic rings. The normalized spacial score (nSPS) is 14.2. The maximum atomic E-state index is 13.1. The highest BCUT2D eigenvalue weighted by atomic mass is 31.2. The zero-order valence-electron chi connectivity index (χ0n) is 61.6. The first-order valence-corrected chi connectivity index (χ1v) is 41.7. The lowest BCUT2D eigenvalue weighted by Crippen LogP contribution is -2.30. The van der Waals surface area contributed by atoms with Crippen LogP contribution >= 0.6 is 15.6 Å². The summed E-state index contributed by atoms with van der Waals surface area (Å²) in [6.45, 7) is 14.1. The first-order chi connectivity index (χ1) is 45.1. The number of ether oxygens (including phenoxy) is 4. The molecule has 2 unspecified atom stereocenters. The van der Waals surface area contributed by atoms with Gasteiger partial charge in [0.05, 0.1) is 26.4 Å². The van der Waals surface area contributed by atoms with Gasteiger partial charge in [-0.3, -0.25) is 37.3 Å². The lowest BCUT2D eigenvalue weighted by Gasteiger charge is -2.21. The van der Waals surface area contributed by atoms with E-state index in [9.17, 15) is 43.2 Å². The highest BCUT2D eigenvalue weighted by molar-refractivity contribution is 7.47. The topological polar surface area (TPSA) is 237 Å². The summed E-state index contributed by atoms with van der Waals surface area (Å²) in [4.78, 5) is 72.6. The Morgan fingerprint density at radius 3 is 0.660 bits per heavy atom. The predicted octanol–water partition coefficient (Wildman–Crippen LogP) is 21.7. The summed E-state index contributed by atoms with van der Waals surface area (Å²) >= 11 is 0. The number of phosphoric acid groups is 2. The molecule has 0 saturated heterocycles. The fourth-order valence-electron chi connectivity index (χ4n) is 11.4. The van der Waals surface area contributed by atoms with Gasteiger partial charge in [-0.15, -0.1) is 0 Å². The first kappa shape index (κ1) is 92.1. The smallest absolute Gasteiger partial charge is 0.462 e. The lowest BCUT2D eigenvalue weighted by atomic mass is 10.0. The lowest BCUT2D eigenvalue weighted by molar-refractivity contribution is -0.161. The number of carbonyl (C=O) groups is 4. The van der Waals surface area contributed by atoms with Gasteiger partial charge in [-0.25, -0.2) is 9.13 Å². The highest BCUT2D eigenvalue weighted by Gasteiger charge is 2.30. The molecule has 94 heavy (non-hydrogen) atoms. The fraction of sp³-hybridized carbons (Fsp3) is 0.947. The Bertz CT molecular complexity index is 1850. The summed E-state index contributed by atoms with van der Waals surface area (Å²) in [5, 5.41) is 10.6. The van der Waals surface area contributed by atoms with Crippen LogP contribution in [0.4, 0.5) is 0 Å². The molecule has 0 bridgehead atoms. The van der Waals surface area contributed by atoms with E-state index in [2.05, 4.69) is 55.4 Å². The van der Waals surface area contributed by atoms with Gasteiger partial charge < -0.3 is 33.8 Å². The summed E-state index contributed by atoms with van der Waals surface area (Å²) < 4.78 is 68.4. The molecule has 19 heteroatoms. The number of aliphatic hydroxyl groups is 1.